The van der Waals surface area contributed by atoms with Crippen LogP contribution in [0.25, 0.3) is 0 Å². The first-order valence-electron chi connectivity index (χ1n) is 5.18. The van der Waals surface area contributed by atoms with E-state index in [4.69, 9.17) is 5.73 Å². The Hall–Kier alpha value is -1.02. The van der Waals surface area contributed by atoms with Gasteiger partial charge in [0.25, 0.3) is 0 Å². The van der Waals surface area contributed by atoms with Crippen LogP contribution in [0.2, 0.25) is 0 Å². The summed E-state index contributed by atoms with van der Waals surface area (Å²) in [6, 6.07) is 8.71. The Balaban J connectivity index is 2.60. The molecule has 1 unspecified atom stereocenters. The zero-order chi connectivity index (χ0) is 10.6. The van der Waals surface area contributed by atoms with E-state index in [2.05, 4.69) is 31.9 Å². The van der Waals surface area contributed by atoms with Crippen LogP contribution in [0.3, 0.4) is 0 Å². The van der Waals surface area contributed by atoms with E-state index in [-0.39, 0.29) is 0 Å². The maximum atomic E-state index is 5.72. The van der Waals surface area contributed by atoms with Crippen LogP contribution >= 0.6 is 0 Å². The minimum absolute atomic E-state index is 0.622. The molecule has 0 fully saturated rings. The number of benzene rings is 1. The molecule has 0 aliphatic carbocycles. The molecule has 2 nitrogen and oxygen atoms in total. The van der Waals surface area contributed by atoms with Gasteiger partial charge in [0.15, 0.2) is 0 Å². The van der Waals surface area contributed by atoms with Gasteiger partial charge in [-0.05, 0) is 38.1 Å². The van der Waals surface area contributed by atoms with Gasteiger partial charge in [-0.3, -0.25) is 4.90 Å². The van der Waals surface area contributed by atoms with Gasteiger partial charge < -0.3 is 5.73 Å². The number of rotatable bonds is 4. The third kappa shape index (κ3) is 3.04. The summed E-state index contributed by atoms with van der Waals surface area (Å²) in [6.07, 6.45) is 1.18. The first-order chi connectivity index (χ1) is 6.63. The SMILES string of the molecule is CCC(C)N(C)Cc1cccc(N)c1. The summed E-state index contributed by atoms with van der Waals surface area (Å²) in [5.41, 5.74) is 7.86. The average Bonchev–Trinajstić information content (AvgIpc) is 2.16. The molecule has 0 radical (unpaired) electrons. The summed E-state index contributed by atoms with van der Waals surface area (Å²) in [7, 11) is 2.15. The summed E-state index contributed by atoms with van der Waals surface area (Å²) in [5.74, 6) is 0. The molecule has 0 aliphatic rings. The third-order valence-corrected chi connectivity index (χ3v) is 2.73. The van der Waals surface area contributed by atoms with Gasteiger partial charge in [0, 0.05) is 18.3 Å². The van der Waals surface area contributed by atoms with E-state index in [0.717, 1.165) is 12.2 Å². The summed E-state index contributed by atoms with van der Waals surface area (Å²) >= 11 is 0. The fourth-order valence-corrected chi connectivity index (χ4v) is 1.45. The van der Waals surface area contributed by atoms with Crippen molar-refractivity contribution in [2.75, 3.05) is 12.8 Å². The van der Waals surface area contributed by atoms with Crippen molar-refractivity contribution < 1.29 is 0 Å². The van der Waals surface area contributed by atoms with Crippen molar-refractivity contribution in [1.29, 1.82) is 0 Å². The second-order valence-electron chi connectivity index (χ2n) is 3.92. The maximum absolute atomic E-state index is 5.72. The second-order valence-corrected chi connectivity index (χ2v) is 3.92. The van der Waals surface area contributed by atoms with Crippen LogP contribution in [0.4, 0.5) is 5.69 Å². The van der Waals surface area contributed by atoms with Crippen molar-refractivity contribution in [3.05, 3.63) is 29.8 Å². The Morgan fingerprint density at radius 2 is 2.14 bits per heavy atom. The highest BCUT2D eigenvalue weighted by Gasteiger charge is 2.06. The molecule has 0 spiro atoms. The summed E-state index contributed by atoms with van der Waals surface area (Å²) in [4.78, 5) is 2.34. The molecule has 0 saturated carbocycles. The van der Waals surface area contributed by atoms with Crippen LogP contribution in [0, 0.1) is 0 Å². The van der Waals surface area contributed by atoms with Crippen LogP contribution in [0.1, 0.15) is 25.8 Å². The van der Waals surface area contributed by atoms with E-state index >= 15 is 0 Å². The third-order valence-electron chi connectivity index (χ3n) is 2.73. The molecular formula is C12H20N2. The number of nitrogens with two attached hydrogens (primary N) is 1. The van der Waals surface area contributed by atoms with Crippen molar-refractivity contribution >= 4 is 5.69 Å². The van der Waals surface area contributed by atoms with Crippen molar-refractivity contribution in [2.24, 2.45) is 0 Å². The first-order valence-corrected chi connectivity index (χ1v) is 5.18. The fourth-order valence-electron chi connectivity index (χ4n) is 1.45. The smallest absolute Gasteiger partial charge is 0.0317 e. The Morgan fingerprint density at radius 1 is 1.43 bits per heavy atom. The lowest BCUT2D eigenvalue weighted by molar-refractivity contribution is 0.244. The van der Waals surface area contributed by atoms with Crippen LogP contribution in [0.15, 0.2) is 24.3 Å². The molecule has 0 aliphatic heterocycles. The lowest BCUT2D eigenvalue weighted by Gasteiger charge is -2.23. The molecule has 0 heterocycles. The molecule has 0 bridgehead atoms. The van der Waals surface area contributed by atoms with Crippen molar-refractivity contribution in [1.82, 2.24) is 4.90 Å². The van der Waals surface area contributed by atoms with Gasteiger partial charge in [-0.2, -0.15) is 0 Å². The number of anilines is 1. The van der Waals surface area contributed by atoms with Gasteiger partial charge in [-0.25, -0.2) is 0 Å². The number of hydrogen-bond donors (Lipinski definition) is 1. The Morgan fingerprint density at radius 3 is 2.71 bits per heavy atom. The van der Waals surface area contributed by atoms with E-state index in [1.807, 2.05) is 18.2 Å². The zero-order valence-corrected chi connectivity index (χ0v) is 9.33. The first kappa shape index (κ1) is 11.1. The van der Waals surface area contributed by atoms with Gasteiger partial charge in [-0.1, -0.05) is 19.1 Å². The van der Waals surface area contributed by atoms with Crippen molar-refractivity contribution in [2.45, 2.75) is 32.9 Å². The van der Waals surface area contributed by atoms with E-state index in [9.17, 15) is 0 Å². The molecule has 1 rings (SSSR count). The molecule has 78 valence electrons. The number of nitrogen functional groups attached to an aromatic ring is 1. The predicted octanol–water partition coefficient (Wildman–Crippen LogP) is 2.50. The normalized spacial score (nSPS) is 13.1. The summed E-state index contributed by atoms with van der Waals surface area (Å²) in [5, 5.41) is 0. The highest BCUT2D eigenvalue weighted by atomic mass is 15.1. The van der Waals surface area contributed by atoms with Gasteiger partial charge in [-0.15, -0.1) is 0 Å². The van der Waals surface area contributed by atoms with E-state index in [0.29, 0.717) is 6.04 Å². The molecule has 1 aromatic rings. The fraction of sp³-hybridized carbons (Fsp3) is 0.500. The largest absolute Gasteiger partial charge is 0.399 e. The van der Waals surface area contributed by atoms with Gasteiger partial charge in [0.2, 0.25) is 0 Å². The van der Waals surface area contributed by atoms with Crippen molar-refractivity contribution in [3.63, 3.8) is 0 Å². The van der Waals surface area contributed by atoms with Crippen LogP contribution in [-0.2, 0) is 6.54 Å². The minimum atomic E-state index is 0.622. The monoisotopic (exact) mass is 192 g/mol. The lowest BCUT2D eigenvalue weighted by atomic mass is 10.1. The molecule has 14 heavy (non-hydrogen) atoms. The standard InChI is InChI=1S/C12H20N2/c1-4-10(2)14(3)9-11-6-5-7-12(13)8-11/h5-8,10H,4,9,13H2,1-3H3. The molecule has 1 atom stereocenters. The quantitative estimate of drug-likeness (QED) is 0.743. The highest BCUT2D eigenvalue weighted by molar-refractivity contribution is 5.40. The zero-order valence-electron chi connectivity index (χ0n) is 9.33. The van der Waals surface area contributed by atoms with Gasteiger partial charge in [0.1, 0.15) is 0 Å². The Bertz CT molecular complexity index is 283. The lowest BCUT2D eigenvalue weighted by Crippen LogP contribution is -2.27. The van der Waals surface area contributed by atoms with Crippen LogP contribution in [-0.4, -0.2) is 18.0 Å². The van der Waals surface area contributed by atoms with Crippen LogP contribution in [0.5, 0.6) is 0 Å². The molecular weight excluding hydrogens is 172 g/mol. The molecule has 0 aromatic heterocycles. The molecule has 2 N–H and O–H groups in total. The second kappa shape index (κ2) is 5.01. The molecule has 1 aromatic carbocycles. The number of nitrogens with zero attached hydrogens (tertiary/aromatic N) is 1. The van der Waals surface area contributed by atoms with Gasteiger partial charge in [0.05, 0.1) is 0 Å². The van der Waals surface area contributed by atoms with Crippen LogP contribution < -0.4 is 5.73 Å². The van der Waals surface area contributed by atoms with E-state index in [1.54, 1.807) is 0 Å². The van der Waals surface area contributed by atoms with Crippen molar-refractivity contribution in [3.8, 4) is 0 Å². The van der Waals surface area contributed by atoms with E-state index in [1.165, 1.54) is 12.0 Å². The molecule has 0 amide bonds. The summed E-state index contributed by atoms with van der Waals surface area (Å²) < 4.78 is 0. The summed E-state index contributed by atoms with van der Waals surface area (Å²) in [6.45, 7) is 5.42. The minimum Gasteiger partial charge on any atom is -0.399 e. The topological polar surface area (TPSA) is 29.3 Å². The van der Waals surface area contributed by atoms with E-state index < -0.39 is 0 Å². The Labute approximate surface area is 86.7 Å². The van der Waals surface area contributed by atoms with Gasteiger partial charge >= 0.3 is 0 Å². The highest BCUT2D eigenvalue weighted by Crippen LogP contribution is 2.11. The number of hydrogen-bond acceptors (Lipinski definition) is 2. The Kier molecular flexibility index (Phi) is 3.96. The predicted molar refractivity (Wildman–Crippen MR) is 62.1 cm³/mol. The average molecular weight is 192 g/mol. The maximum Gasteiger partial charge on any atom is 0.0317 e. The molecule has 2 heteroatoms. The molecule has 0 saturated heterocycles.